The molecule has 2 aliphatic carbocycles. The van der Waals surface area contributed by atoms with Gasteiger partial charge in [-0.15, -0.1) is 0 Å². The molecule has 1 saturated heterocycles. The van der Waals surface area contributed by atoms with Crippen LogP contribution in [0.5, 0.6) is 5.75 Å². The van der Waals surface area contributed by atoms with E-state index in [2.05, 4.69) is 40.8 Å². The number of rotatable bonds is 14. The molecule has 46 heavy (non-hydrogen) atoms. The number of phenolic OH excluding ortho intramolecular Hbond substituents is 1. The van der Waals surface area contributed by atoms with E-state index in [1.165, 1.54) is 11.1 Å². The molecule has 2 aromatic rings. The van der Waals surface area contributed by atoms with E-state index in [9.17, 15) is 19.5 Å². The predicted octanol–water partition coefficient (Wildman–Crippen LogP) is 3.38. The van der Waals surface area contributed by atoms with Crippen LogP contribution in [0.25, 0.3) is 0 Å². The number of carbonyl (C=O) groups is 3. The van der Waals surface area contributed by atoms with Crippen molar-refractivity contribution in [2.45, 2.75) is 89.1 Å². The van der Waals surface area contributed by atoms with Gasteiger partial charge in [-0.05, 0) is 104 Å². The monoisotopic (exact) mass is 631 g/mol. The summed E-state index contributed by atoms with van der Waals surface area (Å²) in [5.41, 5.74) is 8.43. The first-order valence-electron chi connectivity index (χ1n) is 17.2. The van der Waals surface area contributed by atoms with Crippen molar-refractivity contribution in [2.24, 2.45) is 23.5 Å². The molecule has 1 heterocycles. The number of phenols is 1. The Bertz CT molecular complexity index is 1400. The van der Waals surface area contributed by atoms with Crippen LogP contribution in [-0.4, -0.2) is 72.5 Å². The number of nitrogens with one attached hydrogen (secondary N) is 3. The SMILES string of the molecule is CC(C)C[C@H](NC(=O)CNC(=O)[C@]1(c2ccccc2)C[C@@H]1CN1CC[C@@]2(C)c3cc(O)ccc3C[C@@H]1[C@H]2C)C(=O)NCCCCN. The third-order valence-corrected chi connectivity index (χ3v) is 11.1. The molecule has 0 unspecified atom stereocenters. The van der Waals surface area contributed by atoms with Gasteiger partial charge in [-0.3, -0.25) is 19.3 Å². The highest BCUT2D eigenvalue weighted by Crippen LogP contribution is 2.56. The van der Waals surface area contributed by atoms with Gasteiger partial charge in [0.15, 0.2) is 0 Å². The van der Waals surface area contributed by atoms with Gasteiger partial charge in [-0.25, -0.2) is 0 Å². The van der Waals surface area contributed by atoms with Crippen LogP contribution >= 0.6 is 0 Å². The number of likely N-dealkylation sites (tertiary alicyclic amines) is 1. The van der Waals surface area contributed by atoms with Crippen molar-refractivity contribution in [3.05, 3.63) is 65.2 Å². The van der Waals surface area contributed by atoms with Crippen LogP contribution in [0.15, 0.2) is 48.5 Å². The van der Waals surface area contributed by atoms with Gasteiger partial charge in [0.05, 0.1) is 12.0 Å². The molecule has 1 aliphatic heterocycles. The zero-order valence-corrected chi connectivity index (χ0v) is 28.0. The maximum absolute atomic E-state index is 14.0. The highest BCUT2D eigenvalue weighted by Gasteiger charge is 2.62. The lowest BCUT2D eigenvalue weighted by Crippen LogP contribution is -2.58. The van der Waals surface area contributed by atoms with E-state index in [1.54, 1.807) is 6.07 Å². The Kier molecular flexibility index (Phi) is 10.4. The fraction of sp³-hybridized carbons (Fsp3) is 0.595. The summed E-state index contributed by atoms with van der Waals surface area (Å²) in [5.74, 6) is 0.372. The van der Waals surface area contributed by atoms with Crippen molar-refractivity contribution in [3.8, 4) is 5.75 Å². The number of piperidine rings is 1. The number of benzene rings is 2. The largest absolute Gasteiger partial charge is 0.508 e. The quantitative estimate of drug-likeness (QED) is 0.203. The zero-order chi connectivity index (χ0) is 33.1. The summed E-state index contributed by atoms with van der Waals surface area (Å²) in [4.78, 5) is 42.5. The van der Waals surface area contributed by atoms with Crippen LogP contribution in [0.3, 0.4) is 0 Å². The molecular weight excluding hydrogens is 578 g/mol. The van der Waals surface area contributed by atoms with E-state index in [4.69, 9.17) is 5.73 Å². The minimum Gasteiger partial charge on any atom is -0.508 e. The number of unbranched alkanes of at least 4 members (excludes halogenated alkanes) is 1. The summed E-state index contributed by atoms with van der Waals surface area (Å²) in [6, 6.07) is 15.5. The Labute approximate surface area is 274 Å². The number of hydrogen-bond acceptors (Lipinski definition) is 6. The number of hydrogen-bond donors (Lipinski definition) is 5. The van der Waals surface area contributed by atoms with Crippen LogP contribution < -0.4 is 21.7 Å². The van der Waals surface area contributed by atoms with E-state index in [-0.39, 0.29) is 41.5 Å². The Balaban J connectivity index is 1.24. The van der Waals surface area contributed by atoms with Crippen molar-refractivity contribution in [1.82, 2.24) is 20.9 Å². The molecule has 0 radical (unpaired) electrons. The van der Waals surface area contributed by atoms with Crippen LogP contribution in [0.4, 0.5) is 0 Å². The second kappa shape index (κ2) is 14.1. The molecule has 5 rings (SSSR count). The number of amides is 3. The van der Waals surface area contributed by atoms with Gasteiger partial charge in [0.25, 0.3) is 0 Å². The van der Waals surface area contributed by atoms with Gasteiger partial charge in [0.1, 0.15) is 11.8 Å². The van der Waals surface area contributed by atoms with E-state index in [0.29, 0.717) is 37.2 Å². The van der Waals surface area contributed by atoms with Gasteiger partial charge in [-0.1, -0.05) is 64.1 Å². The maximum atomic E-state index is 14.0. The third-order valence-electron chi connectivity index (χ3n) is 11.1. The van der Waals surface area contributed by atoms with Gasteiger partial charge in [0.2, 0.25) is 17.7 Å². The maximum Gasteiger partial charge on any atom is 0.242 e. The van der Waals surface area contributed by atoms with Crippen molar-refractivity contribution in [3.63, 3.8) is 0 Å². The molecule has 9 nitrogen and oxygen atoms in total. The molecule has 9 heteroatoms. The van der Waals surface area contributed by atoms with Gasteiger partial charge in [-0.2, -0.15) is 0 Å². The average molecular weight is 632 g/mol. The molecule has 3 aliphatic rings. The number of aromatic hydroxyl groups is 1. The van der Waals surface area contributed by atoms with E-state index < -0.39 is 11.5 Å². The Hall–Kier alpha value is -3.43. The third kappa shape index (κ3) is 6.95. The van der Waals surface area contributed by atoms with Gasteiger partial charge >= 0.3 is 0 Å². The summed E-state index contributed by atoms with van der Waals surface area (Å²) >= 11 is 0. The second-order valence-corrected chi connectivity index (χ2v) is 14.5. The Morgan fingerprint density at radius 1 is 1.09 bits per heavy atom. The fourth-order valence-electron chi connectivity index (χ4n) is 8.12. The van der Waals surface area contributed by atoms with Gasteiger partial charge in [0, 0.05) is 19.1 Å². The fourth-order valence-corrected chi connectivity index (χ4v) is 8.12. The molecule has 3 amide bonds. The molecule has 250 valence electrons. The lowest BCUT2D eigenvalue weighted by Gasteiger charge is -2.55. The van der Waals surface area contributed by atoms with Gasteiger partial charge < -0.3 is 26.8 Å². The number of fused-ring (bicyclic) bond motifs is 4. The standard InChI is InChI=1S/C37H53N5O4/c1-24(2)18-31(34(45)39-16-9-8-15-38)41-33(44)22-40-35(46)37(27-10-6-5-7-11-27)21-28(37)23-42-17-14-36(4)25(3)32(42)19-26-12-13-29(43)20-30(26)36/h5-7,10-13,20,24-25,28,31-32,43H,8-9,14-19,21-23,38H2,1-4H3,(H,39,45)(H,40,46)(H,41,44)/t25-,28-,31+,32-,36-,37+/m1/s1. The molecule has 2 aromatic carbocycles. The van der Waals surface area contributed by atoms with E-state index in [1.807, 2.05) is 50.2 Å². The summed E-state index contributed by atoms with van der Waals surface area (Å²) in [5, 5.41) is 18.9. The van der Waals surface area contributed by atoms with Crippen molar-refractivity contribution >= 4 is 17.7 Å². The molecule has 6 atom stereocenters. The van der Waals surface area contributed by atoms with E-state index in [0.717, 1.165) is 50.8 Å². The van der Waals surface area contributed by atoms with Crippen molar-refractivity contribution in [1.29, 1.82) is 0 Å². The summed E-state index contributed by atoms with van der Waals surface area (Å²) in [7, 11) is 0. The van der Waals surface area contributed by atoms with Crippen LogP contribution in [-0.2, 0) is 31.6 Å². The highest BCUT2D eigenvalue weighted by molar-refractivity contribution is 5.95. The molecule has 0 spiro atoms. The second-order valence-electron chi connectivity index (χ2n) is 14.5. The Morgan fingerprint density at radius 3 is 2.57 bits per heavy atom. The topological polar surface area (TPSA) is 137 Å². The van der Waals surface area contributed by atoms with Crippen LogP contribution in [0, 0.1) is 17.8 Å². The Morgan fingerprint density at radius 2 is 1.85 bits per heavy atom. The number of nitrogens with two attached hydrogens (primary N) is 1. The smallest absolute Gasteiger partial charge is 0.242 e. The zero-order valence-electron chi connectivity index (χ0n) is 28.0. The van der Waals surface area contributed by atoms with Crippen molar-refractivity contribution in [2.75, 3.05) is 32.7 Å². The van der Waals surface area contributed by atoms with Crippen LogP contribution in [0.1, 0.15) is 76.5 Å². The predicted molar refractivity (Wildman–Crippen MR) is 180 cm³/mol. The average Bonchev–Trinajstić information content (AvgIpc) is 3.76. The summed E-state index contributed by atoms with van der Waals surface area (Å²) in [6.45, 7) is 11.4. The first-order valence-corrected chi connectivity index (χ1v) is 17.2. The molecule has 6 N–H and O–H groups in total. The lowest BCUT2D eigenvalue weighted by atomic mass is 9.59. The highest BCUT2D eigenvalue weighted by atomic mass is 16.3. The minimum absolute atomic E-state index is 0.00704. The molecule has 1 saturated carbocycles. The number of nitrogens with zero attached hydrogens (tertiary/aromatic N) is 1. The lowest BCUT2D eigenvalue weighted by molar-refractivity contribution is -0.130. The molecule has 0 aromatic heterocycles. The summed E-state index contributed by atoms with van der Waals surface area (Å²) in [6.07, 6.45) is 4.79. The molecule has 2 bridgehead atoms. The molecule has 2 fully saturated rings. The molecular formula is C37H53N5O4. The number of carbonyl (C=O) groups excluding carboxylic acids is 3. The minimum atomic E-state index is -0.693. The van der Waals surface area contributed by atoms with E-state index >= 15 is 0 Å². The van der Waals surface area contributed by atoms with Crippen molar-refractivity contribution < 1.29 is 19.5 Å². The summed E-state index contributed by atoms with van der Waals surface area (Å²) < 4.78 is 0. The van der Waals surface area contributed by atoms with Crippen LogP contribution in [0.2, 0.25) is 0 Å². The first kappa shape index (κ1) is 33.9. The first-order chi connectivity index (χ1) is 22.0. The normalized spacial score (nSPS) is 27.4.